The third-order valence-electron chi connectivity index (χ3n) is 9.73. The number of carbonyl (C=O) groups is 1. The van der Waals surface area contributed by atoms with E-state index >= 15 is 0 Å². The van der Waals surface area contributed by atoms with Gasteiger partial charge < -0.3 is 22.9 Å². The molecule has 0 N–H and O–H groups in total. The normalized spacial score (nSPS) is 33.2. The highest BCUT2D eigenvalue weighted by atomic mass is 35.5. The Morgan fingerprint density at radius 3 is 2.85 bits per heavy atom. The summed E-state index contributed by atoms with van der Waals surface area (Å²) in [6, 6.07) is 11.8. The Balaban J connectivity index is 1.44. The van der Waals surface area contributed by atoms with Gasteiger partial charge in [0.1, 0.15) is 5.75 Å². The molecular formula is C32H38ClN2O4S-. The Morgan fingerprint density at radius 2 is 2.05 bits per heavy atom. The molecule has 5 atom stereocenters. The maximum Gasteiger partial charge on any atom is 0.254 e. The minimum absolute atomic E-state index is 0.141. The first-order chi connectivity index (χ1) is 19.2. The van der Waals surface area contributed by atoms with Crippen LogP contribution in [-0.4, -0.2) is 44.1 Å². The topological polar surface area (TPSA) is 68.2 Å². The third-order valence-corrected chi connectivity index (χ3v) is 11.2. The molecule has 0 aromatic heterocycles. The lowest BCUT2D eigenvalue weighted by molar-refractivity contribution is -0.117. The summed E-state index contributed by atoms with van der Waals surface area (Å²) in [6.45, 7) is 6.51. The van der Waals surface area contributed by atoms with Gasteiger partial charge in [-0.3, -0.25) is 4.79 Å². The maximum atomic E-state index is 13.1. The van der Waals surface area contributed by atoms with Crippen molar-refractivity contribution in [3.8, 4) is 5.75 Å². The van der Waals surface area contributed by atoms with Crippen molar-refractivity contribution >= 4 is 33.8 Å². The fourth-order valence-electron chi connectivity index (χ4n) is 7.31. The molecule has 3 heterocycles. The quantitative estimate of drug-likeness (QED) is 0.276. The first kappa shape index (κ1) is 27.8. The molecule has 1 fully saturated rings. The lowest BCUT2D eigenvalue weighted by Gasteiger charge is -2.53. The molecule has 2 aromatic carbocycles. The third kappa shape index (κ3) is 4.99. The van der Waals surface area contributed by atoms with Gasteiger partial charge in [0, 0.05) is 36.2 Å². The van der Waals surface area contributed by atoms with Crippen LogP contribution in [0, 0.1) is 17.8 Å². The Morgan fingerprint density at radius 1 is 1.20 bits per heavy atom. The number of allylic oxidation sites excluding steroid dienone is 1. The summed E-state index contributed by atoms with van der Waals surface area (Å²) in [5, 5.41) is 0.768. The molecule has 6 nitrogen and oxygen atoms in total. The maximum absolute atomic E-state index is 13.1. The molecule has 214 valence electrons. The Kier molecular flexibility index (Phi) is 7.51. The van der Waals surface area contributed by atoms with Crippen LogP contribution in [0.25, 0.3) is 0 Å². The smallest absolute Gasteiger partial charge is 0.254 e. The summed E-state index contributed by atoms with van der Waals surface area (Å²) in [4.78, 5) is 15.6. The van der Waals surface area contributed by atoms with Crippen LogP contribution in [-0.2, 0) is 31.4 Å². The van der Waals surface area contributed by atoms with Gasteiger partial charge in [-0.15, -0.1) is 0 Å². The minimum Gasteiger partial charge on any atom is -0.490 e. The fraction of sp³-hybridized carbons (Fsp3) is 0.531. The number of anilines is 1. The SMILES string of the molecule is CO[C@@]12/C=C/C[C@H](C)C[S-](=O)=NC(=O)c3ccc4c(c3)N(C[C@H](C1)[C@H]2C)C[C@@]1(CCCc2cc(Cl)ccc21)CO4. The molecule has 3 aliphatic heterocycles. The zero-order chi connectivity index (χ0) is 28.1. The van der Waals surface area contributed by atoms with Gasteiger partial charge in [0.05, 0.1) is 17.9 Å². The number of methoxy groups -OCH3 is 1. The second-order valence-electron chi connectivity index (χ2n) is 12.3. The lowest BCUT2D eigenvalue weighted by Crippen LogP contribution is -2.57. The largest absolute Gasteiger partial charge is 0.490 e. The lowest BCUT2D eigenvalue weighted by atomic mass is 9.61. The summed E-state index contributed by atoms with van der Waals surface area (Å²) >= 11 is 6.40. The van der Waals surface area contributed by atoms with E-state index in [9.17, 15) is 9.00 Å². The van der Waals surface area contributed by atoms with Gasteiger partial charge in [-0.2, -0.15) is 10.6 Å². The standard InChI is InChI=1S/C32H38ClN2O4S/c1-21-6-4-13-32(38-3)16-25(22(32)2)17-35-19-31(12-5-7-23-14-26(33)9-10-27(23)31)20-39-29-11-8-24(15-28(29)35)30(36)34-40(37)18-21/h4,8-11,13-15,21-22,25H,5-7,12,16-20H2,1-3H3/q-1/b13-4+/t21-,22+,25-,31-,32-/m0/s1. The van der Waals surface area contributed by atoms with Gasteiger partial charge in [0.25, 0.3) is 5.91 Å². The highest BCUT2D eigenvalue weighted by molar-refractivity contribution is 7.75. The second-order valence-corrected chi connectivity index (χ2v) is 13.9. The van der Waals surface area contributed by atoms with Crippen LogP contribution < -0.4 is 9.64 Å². The van der Waals surface area contributed by atoms with Crippen LogP contribution in [0.1, 0.15) is 61.0 Å². The van der Waals surface area contributed by atoms with Crippen LogP contribution in [0.15, 0.2) is 52.9 Å². The average Bonchev–Trinajstić information content (AvgIpc) is 3.08. The van der Waals surface area contributed by atoms with Crippen LogP contribution in [0.5, 0.6) is 5.75 Å². The highest BCUT2D eigenvalue weighted by Gasteiger charge is 2.51. The molecular weight excluding hydrogens is 544 g/mol. The van der Waals surface area contributed by atoms with Crippen molar-refractivity contribution in [3.63, 3.8) is 0 Å². The number of carbonyl (C=O) groups excluding carboxylic acids is 1. The molecule has 2 aliphatic carbocycles. The minimum atomic E-state index is -1.59. The van der Waals surface area contributed by atoms with E-state index in [4.69, 9.17) is 21.1 Å². The van der Waals surface area contributed by atoms with Gasteiger partial charge in [-0.25, -0.2) is 0 Å². The van der Waals surface area contributed by atoms with Gasteiger partial charge >= 0.3 is 0 Å². The molecule has 5 aliphatic rings. The molecule has 0 saturated heterocycles. The Hall–Kier alpha value is -2.35. The van der Waals surface area contributed by atoms with E-state index in [1.807, 2.05) is 25.1 Å². The van der Waals surface area contributed by atoms with Crippen LogP contribution >= 0.6 is 11.6 Å². The predicted octanol–water partition coefficient (Wildman–Crippen LogP) is 6.74. The summed E-state index contributed by atoms with van der Waals surface area (Å²) in [7, 11) is 0.217. The number of fused-ring (bicyclic) bond motifs is 7. The van der Waals surface area contributed by atoms with E-state index in [1.165, 1.54) is 11.1 Å². The number of hydrogen-bond acceptors (Lipinski definition) is 6. The molecule has 4 bridgehead atoms. The molecule has 1 saturated carbocycles. The number of benzene rings is 2. The predicted molar refractivity (Wildman–Crippen MR) is 160 cm³/mol. The zero-order valence-electron chi connectivity index (χ0n) is 23.5. The summed E-state index contributed by atoms with van der Waals surface area (Å²) in [5.74, 6) is 1.57. The number of hydrogen-bond donors (Lipinski definition) is 0. The Labute approximate surface area is 244 Å². The highest BCUT2D eigenvalue weighted by Crippen LogP contribution is 2.50. The van der Waals surface area contributed by atoms with E-state index in [0.29, 0.717) is 29.8 Å². The van der Waals surface area contributed by atoms with Crippen molar-refractivity contribution in [1.82, 2.24) is 0 Å². The number of amides is 1. The number of nitrogens with zero attached hydrogens (tertiary/aromatic N) is 2. The molecule has 0 radical (unpaired) electrons. The van der Waals surface area contributed by atoms with Gasteiger partial charge in [-0.1, -0.05) is 55.3 Å². The van der Waals surface area contributed by atoms with Crippen LogP contribution in [0.2, 0.25) is 5.02 Å². The van der Waals surface area contributed by atoms with E-state index in [-0.39, 0.29) is 16.9 Å². The first-order valence-corrected chi connectivity index (χ1v) is 16.1. The number of halogens is 1. The van der Waals surface area contributed by atoms with E-state index in [1.54, 1.807) is 13.2 Å². The molecule has 1 amide bonds. The molecule has 40 heavy (non-hydrogen) atoms. The summed E-state index contributed by atoms with van der Waals surface area (Å²) < 4.78 is 29.5. The second kappa shape index (κ2) is 10.8. The molecule has 2 aromatic rings. The molecule has 8 heteroatoms. The van der Waals surface area contributed by atoms with Crippen molar-refractivity contribution < 1.29 is 18.5 Å². The van der Waals surface area contributed by atoms with Crippen molar-refractivity contribution in [2.75, 3.05) is 37.5 Å². The van der Waals surface area contributed by atoms with Gasteiger partial charge in [0.15, 0.2) is 0 Å². The van der Waals surface area contributed by atoms with Crippen molar-refractivity contribution in [1.29, 1.82) is 0 Å². The summed E-state index contributed by atoms with van der Waals surface area (Å²) in [6.07, 6.45) is 9.18. The monoisotopic (exact) mass is 581 g/mol. The number of rotatable bonds is 1. The van der Waals surface area contributed by atoms with Crippen LogP contribution in [0.4, 0.5) is 5.69 Å². The summed E-state index contributed by atoms with van der Waals surface area (Å²) in [5.41, 5.74) is 3.49. The van der Waals surface area contributed by atoms with Crippen LogP contribution in [0.3, 0.4) is 0 Å². The van der Waals surface area contributed by atoms with Gasteiger partial charge in [-0.05, 0) is 85.4 Å². The number of ether oxygens (including phenoxy) is 2. The van der Waals surface area contributed by atoms with E-state index < -0.39 is 16.5 Å². The fourth-order valence-corrected chi connectivity index (χ4v) is 8.50. The van der Waals surface area contributed by atoms with Crippen molar-refractivity contribution in [3.05, 3.63) is 70.3 Å². The van der Waals surface area contributed by atoms with Crippen molar-refractivity contribution in [2.24, 2.45) is 22.1 Å². The van der Waals surface area contributed by atoms with Crippen molar-refractivity contribution in [2.45, 2.75) is 57.0 Å². The van der Waals surface area contributed by atoms with E-state index in [0.717, 1.165) is 61.7 Å². The van der Waals surface area contributed by atoms with E-state index in [2.05, 4.69) is 40.5 Å². The first-order valence-electron chi connectivity index (χ1n) is 14.4. The Bertz CT molecular complexity index is 1440. The molecule has 0 unspecified atom stereocenters. The average molecular weight is 582 g/mol. The van der Waals surface area contributed by atoms with Gasteiger partial charge in [0.2, 0.25) is 0 Å². The molecule has 1 spiro atoms. The number of aryl methyl sites for hydroxylation is 1. The zero-order valence-corrected chi connectivity index (χ0v) is 25.1. The molecule has 7 rings (SSSR count).